The first-order chi connectivity index (χ1) is 16.2. The molecule has 1 saturated heterocycles. The average molecular weight is 466 g/mol. The van der Waals surface area contributed by atoms with Crippen molar-refractivity contribution in [1.29, 1.82) is 0 Å². The Labute approximate surface area is 201 Å². The number of hydrogen-bond acceptors (Lipinski definition) is 5. The topological polar surface area (TPSA) is 85.1 Å². The van der Waals surface area contributed by atoms with E-state index in [0.717, 1.165) is 49.7 Å². The maximum absolute atomic E-state index is 12.9. The highest BCUT2D eigenvalue weighted by Crippen LogP contribution is 2.54. The molecule has 0 aromatic heterocycles. The summed E-state index contributed by atoms with van der Waals surface area (Å²) in [7, 11) is 0. The van der Waals surface area contributed by atoms with Crippen molar-refractivity contribution in [2.75, 3.05) is 44.4 Å². The number of fused-ring (bicyclic) bond motifs is 1. The SMILES string of the molecule is CC(=O)N1c2cc(OCCN3CCOCC3)ccc2C(C)(c2ccccc2)C(C(N)=O)C1(C)C. The van der Waals surface area contributed by atoms with Gasteiger partial charge in [-0.2, -0.15) is 0 Å². The summed E-state index contributed by atoms with van der Waals surface area (Å²) < 4.78 is 11.5. The molecule has 2 aromatic rings. The number of hydrogen-bond donors (Lipinski definition) is 1. The van der Waals surface area contributed by atoms with Crippen LogP contribution in [0.3, 0.4) is 0 Å². The van der Waals surface area contributed by atoms with Gasteiger partial charge in [-0.05, 0) is 31.0 Å². The van der Waals surface area contributed by atoms with E-state index in [2.05, 4.69) is 11.8 Å². The van der Waals surface area contributed by atoms with Crippen LogP contribution in [0.1, 0.15) is 38.8 Å². The molecule has 7 nitrogen and oxygen atoms in total. The molecule has 2 N–H and O–H groups in total. The fraction of sp³-hybridized carbons (Fsp3) is 0.481. The molecule has 34 heavy (non-hydrogen) atoms. The van der Waals surface area contributed by atoms with Gasteiger partial charge in [0, 0.05) is 38.0 Å². The largest absolute Gasteiger partial charge is 0.492 e. The second-order valence-corrected chi connectivity index (χ2v) is 9.89. The highest BCUT2D eigenvalue weighted by atomic mass is 16.5. The number of primary amides is 1. The van der Waals surface area contributed by atoms with Gasteiger partial charge in [0.05, 0.1) is 30.4 Å². The predicted octanol–water partition coefficient (Wildman–Crippen LogP) is 2.95. The van der Waals surface area contributed by atoms with Crippen LogP contribution >= 0.6 is 0 Å². The molecule has 4 rings (SSSR count). The smallest absolute Gasteiger partial charge is 0.224 e. The molecule has 2 amide bonds. The Morgan fingerprint density at radius 3 is 2.38 bits per heavy atom. The molecule has 0 saturated carbocycles. The Balaban J connectivity index is 1.76. The van der Waals surface area contributed by atoms with Crippen molar-refractivity contribution in [3.8, 4) is 5.75 Å². The number of ether oxygens (including phenoxy) is 2. The van der Waals surface area contributed by atoms with Crippen LogP contribution in [-0.2, 0) is 19.7 Å². The van der Waals surface area contributed by atoms with Crippen LogP contribution in [0.4, 0.5) is 5.69 Å². The minimum absolute atomic E-state index is 0.141. The van der Waals surface area contributed by atoms with Gasteiger partial charge in [-0.1, -0.05) is 43.3 Å². The van der Waals surface area contributed by atoms with E-state index in [1.807, 2.05) is 62.4 Å². The van der Waals surface area contributed by atoms with Crippen LogP contribution in [0.5, 0.6) is 5.75 Å². The summed E-state index contributed by atoms with van der Waals surface area (Å²) in [5, 5.41) is 0. The fourth-order valence-electron chi connectivity index (χ4n) is 5.96. The Hall–Kier alpha value is -2.90. The number of carbonyl (C=O) groups excluding carboxylic acids is 2. The first-order valence-corrected chi connectivity index (χ1v) is 11.9. The number of rotatable bonds is 6. The fourth-order valence-corrected chi connectivity index (χ4v) is 5.96. The van der Waals surface area contributed by atoms with E-state index in [0.29, 0.717) is 12.4 Å². The minimum atomic E-state index is -0.846. The van der Waals surface area contributed by atoms with Crippen molar-refractivity contribution in [3.63, 3.8) is 0 Å². The second-order valence-electron chi connectivity index (χ2n) is 9.89. The van der Waals surface area contributed by atoms with Gasteiger partial charge in [-0.3, -0.25) is 14.5 Å². The van der Waals surface area contributed by atoms with Crippen molar-refractivity contribution < 1.29 is 19.1 Å². The third-order valence-corrected chi connectivity index (χ3v) is 7.38. The van der Waals surface area contributed by atoms with Crippen LogP contribution < -0.4 is 15.4 Å². The van der Waals surface area contributed by atoms with E-state index >= 15 is 0 Å². The first kappa shape index (κ1) is 24.2. The molecule has 7 heteroatoms. The lowest BCUT2D eigenvalue weighted by atomic mass is 9.57. The minimum Gasteiger partial charge on any atom is -0.492 e. The number of amides is 2. The molecular weight excluding hydrogens is 430 g/mol. The molecule has 2 aliphatic rings. The maximum atomic E-state index is 12.9. The summed E-state index contributed by atoms with van der Waals surface area (Å²) in [6.07, 6.45) is 0. The van der Waals surface area contributed by atoms with Crippen LogP contribution in [0.15, 0.2) is 48.5 Å². The average Bonchev–Trinajstić information content (AvgIpc) is 2.79. The summed E-state index contributed by atoms with van der Waals surface area (Å²) in [6, 6.07) is 15.8. The van der Waals surface area contributed by atoms with Crippen molar-refractivity contribution in [2.45, 2.75) is 38.6 Å². The quantitative estimate of drug-likeness (QED) is 0.709. The number of anilines is 1. The Morgan fingerprint density at radius 1 is 1.09 bits per heavy atom. The maximum Gasteiger partial charge on any atom is 0.224 e. The van der Waals surface area contributed by atoms with Gasteiger partial charge in [0.25, 0.3) is 0 Å². The first-order valence-electron chi connectivity index (χ1n) is 11.9. The summed E-state index contributed by atoms with van der Waals surface area (Å²) in [6.45, 7) is 12.1. The third kappa shape index (κ3) is 4.18. The van der Waals surface area contributed by atoms with Crippen molar-refractivity contribution in [3.05, 3.63) is 59.7 Å². The van der Waals surface area contributed by atoms with Gasteiger partial charge >= 0.3 is 0 Å². The van der Waals surface area contributed by atoms with E-state index in [9.17, 15) is 9.59 Å². The molecule has 2 atom stereocenters. The van der Waals surface area contributed by atoms with Crippen LogP contribution in [0.25, 0.3) is 0 Å². The van der Waals surface area contributed by atoms with Crippen molar-refractivity contribution >= 4 is 17.5 Å². The monoisotopic (exact) mass is 465 g/mol. The summed E-state index contributed by atoms with van der Waals surface area (Å²) >= 11 is 0. The van der Waals surface area contributed by atoms with E-state index in [4.69, 9.17) is 15.2 Å². The standard InChI is InChI=1S/C27H35N3O4/c1-19(31)30-23-18-21(34-17-14-29-12-15-33-16-13-29)10-11-22(23)27(4,20-8-6-5-7-9-20)24(25(28)32)26(30,2)3/h5-11,18,24H,12-17H2,1-4H3,(H2,28,32). The highest BCUT2D eigenvalue weighted by Gasteiger charge is 2.57. The summed E-state index contributed by atoms with van der Waals surface area (Å²) in [4.78, 5) is 29.9. The predicted molar refractivity (Wildman–Crippen MR) is 132 cm³/mol. The number of morpholine rings is 1. The zero-order valence-electron chi connectivity index (χ0n) is 20.5. The van der Waals surface area contributed by atoms with Gasteiger partial charge in [0.15, 0.2) is 0 Å². The highest BCUT2D eigenvalue weighted by molar-refractivity contribution is 5.98. The lowest BCUT2D eigenvalue weighted by molar-refractivity contribution is -0.127. The Kier molecular flexibility index (Phi) is 6.69. The van der Waals surface area contributed by atoms with Crippen molar-refractivity contribution in [1.82, 2.24) is 4.90 Å². The molecule has 2 heterocycles. The lowest BCUT2D eigenvalue weighted by Crippen LogP contribution is -2.65. The molecule has 0 radical (unpaired) electrons. The lowest BCUT2D eigenvalue weighted by Gasteiger charge is -2.55. The third-order valence-electron chi connectivity index (χ3n) is 7.38. The summed E-state index contributed by atoms with van der Waals surface area (Å²) in [5.74, 6) is -0.508. The van der Waals surface area contributed by atoms with E-state index < -0.39 is 22.8 Å². The molecule has 2 unspecified atom stereocenters. The number of nitrogens with zero attached hydrogens (tertiary/aromatic N) is 2. The van der Waals surface area contributed by atoms with Gasteiger partial charge in [-0.15, -0.1) is 0 Å². The van der Waals surface area contributed by atoms with Gasteiger partial charge in [0.1, 0.15) is 12.4 Å². The molecular formula is C27H35N3O4. The molecule has 2 aromatic carbocycles. The number of carbonyl (C=O) groups is 2. The van der Waals surface area contributed by atoms with Crippen molar-refractivity contribution in [2.24, 2.45) is 11.7 Å². The van der Waals surface area contributed by atoms with E-state index in [1.165, 1.54) is 6.92 Å². The molecule has 0 bridgehead atoms. The summed E-state index contributed by atoms with van der Waals surface area (Å²) in [5.41, 5.74) is 7.09. The normalized spacial score (nSPS) is 24.4. The second kappa shape index (κ2) is 9.39. The molecule has 0 aliphatic carbocycles. The molecule has 2 aliphatic heterocycles. The van der Waals surface area contributed by atoms with Gasteiger partial charge < -0.3 is 20.1 Å². The van der Waals surface area contributed by atoms with E-state index in [1.54, 1.807) is 4.90 Å². The zero-order chi connectivity index (χ0) is 24.5. The van der Waals surface area contributed by atoms with E-state index in [-0.39, 0.29) is 5.91 Å². The van der Waals surface area contributed by atoms with Gasteiger partial charge in [0.2, 0.25) is 11.8 Å². The van der Waals surface area contributed by atoms with Crippen LogP contribution in [0.2, 0.25) is 0 Å². The van der Waals surface area contributed by atoms with Crippen LogP contribution in [-0.4, -0.2) is 61.7 Å². The molecule has 182 valence electrons. The molecule has 1 fully saturated rings. The Bertz CT molecular complexity index is 1050. The van der Waals surface area contributed by atoms with Crippen LogP contribution in [0, 0.1) is 5.92 Å². The van der Waals surface area contributed by atoms with Gasteiger partial charge in [-0.25, -0.2) is 0 Å². The Morgan fingerprint density at radius 2 is 1.76 bits per heavy atom. The zero-order valence-corrected chi connectivity index (χ0v) is 20.5. The number of nitrogens with two attached hydrogens (primary N) is 1. The number of benzene rings is 2. The molecule has 0 spiro atoms.